The first kappa shape index (κ1) is 22.1. The van der Waals surface area contributed by atoms with Crippen molar-refractivity contribution in [1.82, 2.24) is 0 Å². The first-order valence-corrected chi connectivity index (χ1v) is 11.7. The smallest absolute Gasteiger partial charge is 0.296 e. The van der Waals surface area contributed by atoms with Crippen LogP contribution in [0.5, 0.6) is 11.5 Å². The highest BCUT2D eigenvalue weighted by Crippen LogP contribution is 2.42. The Morgan fingerprint density at radius 2 is 1.54 bits per heavy atom. The number of nitrogens with two attached hydrogens (primary N) is 1. The van der Waals surface area contributed by atoms with E-state index >= 15 is 0 Å². The van der Waals surface area contributed by atoms with E-state index in [9.17, 15) is 34.9 Å². The average molecular weight is 457 g/mol. The van der Waals surface area contributed by atoms with Gasteiger partial charge in [0.25, 0.3) is 30.4 Å². The summed E-state index contributed by atoms with van der Waals surface area (Å²) in [5.74, 6) is -1.90. The predicted octanol–water partition coefficient (Wildman–Crippen LogP) is 0.278. The standard InChI is InChI=1S/C13H15NO11S3/c14-12-10(28(22,23)24)5-7-4-8(27(19,20)21)6-9(15)11(7)13(12)25-2-1-3-26(16,17)18/h4-6,15H,1-3,14H2,(H,16,17,18)(H,19,20,21)(H,22,23,24). The van der Waals surface area contributed by atoms with E-state index < -0.39 is 69.7 Å². The van der Waals surface area contributed by atoms with Gasteiger partial charge in [0, 0.05) is 6.07 Å². The van der Waals surface area contributed by atoms with Crippen molar-refractivity contribution in [2.45, 2.75) is 16.2 Å². The minimum absolute atomic E-state index is 0.236. The first-order valence-electron chi connectivity index (χ1n) is 7.23. The van der Waals surface area contributed by atoms with Crippen molar-refractivity contribution in [2.75, 3.05) is 18.1 Å². The summed E-state index contributed by atoms with van der Waals surface area (Å²) in [4.78, 5) is -1.63. The van der Waals surface area contributed by atoms with E-state index in [4.69, 9.17) is 19.6 Å². The summed E-state index contributed by atoms with van der Waals surface area (Å²) in [6.45, 7) is -0.395. The van der Waals surface area contributed by atoms with Gasteiger partial charge in [0.2, 0.25) is 0 Å². The van der Waals surface area contributed by atoms with E-state index in [0.717, 1.165) is 12.1 Å². The summed E-state index contributed by atoms with van der Waals surface area (Å²) in [6, 6.07) is 2.23. The summed E-state index contributed by atoms with van der Waals surface area (Å²) < 4.78 is 99.6. The lowest BCUT2D eigenvalue weighted by Crippen LogP contribution is -2.11. The third-order valence-corrected chi connectivity index (χ3v) is 6.04. The normalized spacial score (nSPS) is 13.0. The summed E-state index contributed by atoms with van der Waals surface area (Å²) in [7, 11) is -13.9. The van der Waals surface area contributed by atoms with Gasteiger partial charge in [-0.3, -0.25) is 13.7 Å². The molecule has 0 fully saturated rings. The topological polar surface area (TPSA) is 219 Å². The highest BCUT2D eigenvalue weighted by Gasteiger charge is 2.24. The van der Waals surface area contributed by atoms with E-state index in [-0.39, 0.29) is 17.2 Å². The molecule has 15 heteroatoms. The lowest BCUT2D eigenvalue weighted by atomic mass is 10.1. The van der Waals surface area contributed by atoms with Crippen molar-refractivity contribution < 1.29 is 48.8 Å². The molecule has 0 amide bonds. The van der Waals surface area contributed by atoms with Crippen LogP contribution in [0.3, 0.4) is 0 Å². The first-order chi connectivity index (χ1) is 12.6. The van der Waals surface area contributed by atoms with Crippen molar-refractivity contribution in [1.29, 1.82) is 0 Å². The fraction of sp³-hybridized carbons (Fsp3) is 0.231. The van der Waals surface area contributed by atoms with E-state index in [2.05, 4.69) is 0 Å². The Labute approximate surface area is 159 Å². The van der Waals surface area contributed by atoms with Crippen molar-refractivity contribution in [3.05, 3.63) is 18.2 Å². The van der Waals surface area contributed by atoms with E-state index in [1.807, 2.05) is 0 Å². The number of phenolic OH excluding ortho intramolecular Hbond substituents is 1. The second kappa shape index (κ2) is 7.34. The third kappa shape index (κ3) is 5.00. The number of nitrogen functional groups attached to an aromatic ring is 1. The van der Waals surface area contributed by atoms with Crippen LogP contribution < -0.4 is 10.5 Å². The van der Waals surface area contributed by atoms with Crippen LogP contribution in [0.15, 0.2) is 28.0 Å². The molecule has 0 aliphatic heterocycles. The third-order valence-electron chi connectivity index (χ3n) is 3.51. The van der Waals surface area contributed by atoms with Gasteiger partial charge >= 0.3 is 0 Å². The number of phenols is 1. The molecule has 0 atom stereocenters. The summed E-state index contributed by atoms with van der Waals surface area (Å²) in [5, 5.41) is 9.63. The van der Waals surface area contributed by atoms with Crippen LogP contribution in [-0.2, 0) is 30.4 Å². The Balaban J connectivity index is 2.70. The van der Waals surface area contributed by atoms with Crippen molar-refractivity contribution in [3.8, 4) is 11.5 Å². The molecular formula is C13H15NO11S3. The number of benzene rings is 2. The lowest BCUT2D eigenvalue weighted by Gasteiger charge is -2.16. The second-order valence-corrected chi connectivity index (χ2v) is 9.98. The van der Waals surface area contributed by atoms with Gasteiger partial charge in [-0.05, 0) is 23.9 Å². The van der Waals surface area contributed by atoms with Gasteiger partial charge in [-0.1, -0.05) is 0 Å². The molecule has 28 heavy (non-hydrogen) atoms. The van der Waals surface area contributed by atoms with Crippen molar-refractivity contribution in [3.63, 3.8) is 0 Å². The van der Waals surface area contributed by atoms with Crippen LogP contribution in [0.2, 0.25) is 0 Å². The summed E-state index contributed by atoms with van der Waals surface area (Å²) in [6.07, 6.45) is -0.236. The van der Waals surface area contributed by atoms with E-state index in [0.29, 0.717) is 6.07 Å². The molecule has 0 aliphatic carbocycles. The average Bonchev–Trinajstić information content (AvgIpc) is 2.49. The van der Waals surface area contributed by atoms with Gasteiger partial charge < -0.3 is 15.6 Å². The van der Waals surface area contributed by atoms with Gasteiger partial charge in [0.15, 0.2) is 5.75 Å². The number of hydrogen-bond donors (Lipinski definition) is 5. The Bertz CT molecular complexity index is 1250. The molecule has 6 N–H and O–H groups in total. The van der Waals surface area contributed by atoms with Crippen LogP contribution in [0.1, 0.15) is 6.42 Å². The number of anilines is 1. The highest BCUT2D eigenvalue weighted by atomic mass is 32.2. The fourth-order valence-corrected chi connectivity index (χ4v) is 4.04. The molecule has 0 heterocycles. The van der Waals surface area contributed by atoms with Crippen LogP contribution in [0.4, 0.5) is 5.69 Å². The summed E-state index contributed by atoms with van der Waals surface area (Å²) in [5.41, 5.74) is 5.06. The zero-order chi connectivity index (χ0) is 21.5. The SMILES string of the molecule is Nc1c(S(=O)(=O)O)cc2cc(S(=O)(=O)O)cc(O)c2c1OCCCS(=O)(=O)O. The van der Waals surface area contributed by atoms with Gasteiger partial charge in [0.05, 0.1) is 28.3 Å². The van der Waals surface area contributed by atoms with Crippen LogP contribution in [0.25, 0.3) is 10.8 Å². The maximum absolute atomic E-state index is 11.6. The van der Waals surface area contributed by atoms with Crippen LogP contribution >= 0.6 is 0 Å². The molecule has 0 aliphatic rings. The van der Waals surface area contributed by atoms with E-state index in [1.165, 1.54) is 0 Å². The number of rotatable bonds is 7. The fourth-order valence-electron chi connectivity index (χ4n) is 2.38. The lowest BCUT2D eigenvalue weighted by molar-refractivity contribution is 0.319. The predicted molar refractivity (Wildman–Crippen MR) is 96.2 cm³/mol. The Morgan fingerprint density at radius 1 is 0.929 bits per heavy atom. The maximum atomic E-state index is 11.6. The largest absolute Gasteiger partial charge is 0.507 e. The minimum atomic E-state index is -4.90. The molecule has 0 saturated heterocycles. The second-order valence-electron chi connectivity index (χ2n) is 5.60. The van der Waals surface area contributed by atoms with Gasteiger partial charge in [-0.15, -0.1) is 0 Å². The number of aromatic hydroxyl groups is 1. The molecule has 156 valence electrons. The maximum Gasteiger partial charge on any atom is 0.296 e. The molecule has 0 spiro atoms. The molecule has 0 unspecified atom stereocenters. The molecule has 12 nitrogen and oxygen atoms in total. The van der Waals surface area contributed by atoms with Gasteiger partial charge in [-0.25, -0.2) is 0 Å². The molecule has 0 saturated carbocycles. The van der Waals surface area contributed by atoms with Gasteiger partial charge in [-0.2, -0.15) is 25.3 Å². The Kier molecular flexibility index (Phi) is 5.80. The monoisotopic (exact) mass is 457 g/mol. The molecular weight excluding hydrogens is 442 g/mol. The summed E-state index contributed by atoms with van der Waals surface area (Å²) >= 11 is 0. The Hall–Kier alpha value is -2.17. The molecule has 0 bridgehead atoms. The zero-order valence-corrected chi connectivity index (χ0v) is 16.3. The Morgan fingerprint density at radius 3 is 2.04 bits per heavy atom. The van der Waals surface area contributed by atoms with Crippen LogP contribution in [0, 0.1) is 0 Å². The molecule has 2 aromatic carbocycles. The molecule has 2 rings (SSSR count). The molecule has 0 aromatic heterocycles. The number of ether oxygens (including phenoxy) is 1. The van der Waals surface area contributed by atoms with Crippen molar-refractivity contribution >= 4 is 46.8 Å². The van der Waals surface area contributed by atoms with Gasteiger partial charge in [0.1, 0.15) is 10.6 Å². The van der Waals surface area contributed by atoms with E-state index in [1.54, 1.807) is 0 Å². The zero-order valence-electron chi connectivity index (χ0n) is 13.8. The van der Waals surface area contributed by atoms with Crippen molar-refractivity contribution in [2.24, 2.45) is 0 Å². The quantitative estimate of drug-likeness (QED) is 0.215. The van der Waals surface area contributed by atoms with Crippen LogP contribution in [-0.4, -0.2) is 56.4 Å². The molecule has 0 radical (unpaired) electrons. The minimum Gasteiger partial charge on any atom is -0.507 e. The highest BCUT2D eigenvalue weighted by molar-refractivity contribution is 7.86. The molecule has 2 aromatic rings. The number of hydrogen-bond acceptors (Lipinski definition) is 9. The number of fused-ring (bicyclic) bond motifs is 1.